The van der Waals surface area contributed by atoms with Crippen LogP contribution in [0.4, 0.5) is 5.69 Å². The van der Waals surface area contributed by atoms with E-state index in [9.17, 15) is 0 Å². The molecule has 2 rings (SSSR count). The molecule has 0 aliphatic carbocycles. The van der Waals surface area contributed by atoms with Gasteiger partial charge in [0.25, 0.3) is 0 Å². The van der Waals surface area contributed by atoms with Gasteiger partial charge in [-0.3, -0.25) is 4.98 Å². The van der Waals surface area contributed by atoms with Crippen molar-refractivity contribution in [3.05, 3.63) is 36.8 Å². The average Bonchev–Trinajstić information content (AvgIpc) is 2.58. The summed E-state index contributed by atoms with van der Waals surface area (Å²) >= 11 is 0. The molecule has 0 fully saturated rings. The Morgan fingerprint density at radius 3 is 3.09 bits per heavy atom. The van der Waals surface area contributed by atoms with Gasteiger partial charge >= 0.3 is 0 Å². The topological polar surface area (TPSA) is 16.1 Å². The first-order valence-corrected chi connectivity index (χ1v) is 3.80. The van der Waals surface area contributed by atoms with E-state index in [4.69, 9.17) is 0 Å². The average molecular weight is 146 g/mol. The van der Waals surface area contributed by atoms with Crippen LogP contribution < -0.4 is 4.90 Å². The summed E-state index contributed by atoms with van der Waals surface area (Å²) in [5.74, 6) is 0. The van der Waals surface area contributed by atoms with Crippen LogP contribution in [0.25, 0.3) is 0 Å². The second-order valence-electron chi connectivity index (χ2n) is 2.58. The van der Waals surface area contributed by atoms with Crippen molar-refractivity contribution in [2.45, 2.75) is 6.42 Å². The molecule has 1 aliphatic rings. The smallest absolute Gasteiger partial charge is 0.0592 e. The van der Waals surface area contributed by atoms with Crippen molar-refractivity contribution in [2.24, 2.45) is 0 Å². The fourth-order valence-corrected chi connectivity index (χ4v) is 1.23. The van der Waals surface area contributed by atoms with Gasteiger partial charge in [0.2, 0.25) is 0 Å². The molecule has 56 valence electrons. The van der Waals surface area contributed by atoms with E-state index in [1.54, 1.807) is 6.20 Å². The lowest BCUT2D eigenvalue weighted by atomic mass is 10.4. The molecule has 11 heavy (non-hydrogen) atoms. The van der Waals surface area contributed by atoms with Crippen LogP contribution in [0.1, 0.15) is 6.42 Å². The third-order valence-corrected chi connectivity index (χ3v) is 1.80. The molecule has 0 radical (unpaired) electrons. The highest BCUT2D eigenvalue weighted by atomic mass is 15.1. The summed E-state index contributed by atoms with van der Waals surface area (Å²) in [6.45, 7) is 1.09. The fraction of sp³-hybridized carbons (Fsp3) is 0.222. The van der Waals surface area contributed by atoms with Gasteiger partial charge in [-0.1, -0.05) is 6.08 Å². The Balaban J connectivity index is 2.23. The van der Waals surface area contributed by atoms with E-state index < -0.39 is 0 Å². The number of hydrogen-bond donors (Lipinski definition) is 0. The minimum atomic E-state index is 1.09. The molecule has 2 heteroatoms. The summed E-state index contributed by atoms with van der Waals surface area (Å²) < 4.78 is 0. The molecular weight excluding hydrogens is 136 g/mol. The molecule has 1 aliphatic heterocycles. The summed E-state index contributed by atoms with van der Waals surface area (Å²) in [4.78, 5) is 6.26. The second kappa shape index (κ2) is 2.74. The second-order valence-corrected chi connectivity index (χ2v) is 2.58. The number of hydrogen-bond acceptors (Lipinski definition) is 2. The molecule has 0 unspecified atom stereocenters. The predicted octanol–water partition coefficient (Wildman–Crippen LogP) is 1.81. The van der Waals surface area contributed by atoms with Crippen LogP contribution in [0, 0.1) is 0 Å². The van der Waals surface area contributed by atoms with Crippen molar-refractivity contribution in [2.75, 3.05) is 11.4 Å². The van der Waals surface area contributed by atoms with Crippen LogP contribution in [-0.2, 0) is 0 Å². The van der Waals surface area contributed by atoms with Crippen molar-refractivity contribution in [3.63, 3.8) is 0 Å². The molecule has 0 spiro atoms. The molecule has 0 aromatic carbocycles. The lowest BCUT2D eigenvalue weighted by molar-refractivity contribution is 0.993. The van der Waals surface area contributed by atoms with Crippen molar-refractivity contribution in [1.29, 1.82) is 0 Å². The maximum atomic E-state index is 4.05. The fourth-order valence-electron chi connectivity index (χ4n) is 1.23. The zero-order valence-corrected chi connectivity index (χ0v) is 6.27. The van der Waals surface area contributed by atoms with Crippen LogP contribution in [-0.4, -0.2) is 11.5 Å². The van der Waals surface area contributed by atoms with E-state index in [1.807, 2.05) is 12.3 Å². The van der Waals surface area contributed by atoms with E-state index >= 15 is 0 Å². The highest BCUT2D eigenvalue weighted by Crippen LogP contribution is 2.16. The standard InChI is InChI=1S/C9H10N2/c1-2-7-11(6-1)9-4-3-5-10-8-9/h1,3-6,8H,2,7H2. The van der Waals surface area contributed by atoms with Crippen LogP contribution in [0.15, 0.2) is 36.8 Å². The number of anilines is 1. The molecule has 1 aromatic rings. The summed E-state index contributed by atoms with van der Waals surface area (Å²) in [5.41, 5.74) is 1.18. The molecule has 0 saturated carbocycles. The largest absolute Gasteiger partial charge is 0.347 e. The molecule has 0 bridgehead atoms. The van der Waals surface area contributed by atoms with Crippen molar-refractivity contribution < 1.29 is 0 Å². The van der Waals surface area contributed by atoms with Gasteiger partial charge in [-0.15, -0.1) is 0 Å². The minimum absolute atomic E-state index is 1.09. The molecule has 1 aromatic heterocycles. The summed E-state index contributed by atoms with van der Waals surface area (Å²) in [6.07, 6.45) is 9.11. The SMILES string of the molecule is C1=CN(c2cccnc2)CC1. The van der Waals surface area contributed by atoms with Crippen LogP contribution >= 0.6 is 0 Å². The molecule has 2 nitrogen and oxygen atoms in total. The Bertz CT molecular complexity index is 254. The summed E-state index contributed by atoms with van der Waals surface area (Å²) in [7, 11) is 0. The van der Waals surface area contributed by atoms with Gasteiger partial charge in [0.15, 0.2) is 0 Å². The Morgan fingerprint density at radius 1 is 1.45 bits per heavy atom. The normalized spacial score (nSPS) is 15.8. The molecule has 2 heterocycles. The highest BCUT2D eigenvalue weighted by molar-refractivity contribution is 5.48. The lowest BCUT2D eigenvalue weighted by Crippen LogP contribution is -2.11. The number of pyridine rings is 1. The summed E-state index contributed by atoms with van der Waals surface area (Å²) in [5, 5.41) is 0. The molecule has 0 amide bonds. The first-order chi connectivity index (χ1) is 5.47. The Hall–Kier alpha value is -1.31. The van der Waals surface area contributed by atoms with Crippen LogP contribution in [0.2, 0.25) is 0 Å². The van der Waals surface area contributed by atoms with Gasteiger partial charge < -0.3 is 4.90 Å². The molecule has 0 N–H and O–H groups in total. The quantitative estimate of drug-likeness (QED) is 0.600. The molecule has 0 atom stereocenters. The zero-order chi connectivity index (χ0) is 7.52. The molecule has 0 saturated heterocycles. The van der Waals surface area contributed by atoms with E-state index in [2.05, 4.69) is 28.2 Å². The van der Waals surface area contributed by atoms with Crippen molar-refractivity contribution in [3.8, 4) is 0 Å². The lowest BCUT2D eigenvalue weighted by Gasteiger charge is -2.13. The van der Waals surface area contributed by atoms with E-state index in [1.165, 1.54) is 5.69 Å². The third kappa shape index (κ3) is 1.24. The van der Waals surface area contributed by atoms with E-state index in [0.29, 0.717) is 0 Å². The first kappa shape index (κ1) is 6.40. The van der Waals surface area contributed by atoms with Gasteiger partial charge in [0.05, 0.1) is 11.9 Å². The highest BCUT2D eigenvalue weighted by Gasteiger charge is 2.04. The van der Waals surface area contributed by atoms with Crippen molar-refractivity contribution >= 4 is 5.69 Å². The number of rotatable bonds is 1. The van der Waals surface area contributed by atoms with E-state index in [-0.39, 0.29) is 0 Å². The van der Waals surface area contributed by atoms with Gasteiger partial charge in [0.1, 0.15) is 0 Å². The third-order valence-electron chi connectivity index (χ3n) is 1.80. The Kier molecular flexibility index (Phi) is 1.60. The maximum absolute atomic E-state index is 4.05. The maximum Gasteiger partial charge on any atom is 0.0592 e. The predicted molar refractivity (Wildman–Crippen MR) is 45.3 cm³/mol. The zero-order valence-electron chi connectivity index (χ0n) is 6.27. The Labute approximate surface area is 66.2 Å². The van der Waals surface area contributed by atoms with E-state index in [0.717, 1.165) is 13.0 Å². The number of nitrogens with zero attached hydrogens (tertiary/aromatic N) is 2. The Morgan fingerprint density at radius 2 is 2.45 bits per heavy atom. The van der Waals surface area contributed by atoms with Crippen molar-refractivity contribution in [1.82, 2.24) is 4.98 Å². The first-order valence-electron chi connectivity index (χ1n) is 3.80. The van der Waals surface area contributed by atoms with Gasteiger partial charge in [-0.05, 0) is 18.6 Å². The monoisotopic (exact) mass is 146 g/mol. The minimum Gasteiger partial charge on any atom is -0.347 e. The van der Waals surface area contributed by atoms with Crippen LogP contribution in [0.5, 0.6) is 0 Å². The number of aromatic nitrogens is 1. The van der Waals surface area contributed by atoms with Gasteiger partial charge in [-0.2, -0.15) is 0 Å². The van der Waals surface area contributed by atoms with Gasteiger partial charge in [0, 0.05) is 18.9 Å². The molecular formula is C9H10N2. The van der Waals surface area contributed by atoms with Crippen LogP contribution in [0.3, 0.4) is 0 Å². The summed E-state index contributed by atoms with van der Waals surface area (Å²) in [6, 6.07) is 4.03. The van der Waals surface area contributed by atoms with Gasteiger partial charge in [-0.25, -0.2) is 0 Å².